The second kappa shape index (κ2) is 7.23. The molecule has 0 unspecified atom stereocenters. The molecule has 0 saturated carbocycles. The van der Waals surface area contributed by atoms with Gasteiger partial charge in [0.25, 0.3) is 0 Å². The summed E-state index contributed by atoms with van der Waals surface area (Å²) >= 11 is 0. The predicted molar refractivity (Wildman–Crippen MR) is 104 cm³/mol. The molecule has 0 spiro atoms. The molecule has 0 fully saturated rings. The lowest BCUT2D eigenvalue weighted by molar-refractivity contribution is 0.311. The Bertz CT molecular complexity index is 960. The fraction of sp³-hybridized carbons (Fsp3) is 0.286. The van der Waals surface area contributed by atoms with E-state index in [1.54, 1.807) is 18.5 Å². The van der Waals surface area contributed by atoms with Crippen LogP contribution >= 0.6 is 0 Å². The van der Waals surface area contributed by atoms with Crippen molar-refractivity contribution in [3.63, 3.8) is 0 Å². The van der Waals surface area contributed by atoms with Gasteiger partial charge >= 0.3 is 0 Å². The van der Waals surface area contributed by atoms with Gasteiger partial charge in [0.05, 0.1) is 6.54 Å². The number of hydrogen-bond donors (Lipinski definition) is 1. The van der Waals surface area contributed by atoms with Crippen molar-refractivity contribution in [1.29, 1.82) is 0 Å². The van der Waals surface area contributed by atoms with Crippen LogP contribution in [0, 0.1) is 6.92 Å². The van der Waals surface area contributed by atoms with Gasteiger partial charge in [-0.3, -0.25) is 4.98 Å². The van der Waals surface area contributed by atoms with Crippen LogP contribution in [0.15, 0.2) is 42.9 Å². The van der Waals surface area contributed by atoms with Crippen LogP contribution in [0.2, 0.25) is 0 Å². The van der Waals surface area contributed by atoms with E-state index < -0.39 is 0 Å². The van der Waals surface area contributed by atoms with E-state index in [2.05, 4.69) is 21.8 Å². The van der Waals surface area contributed by atoms with E-state index in [1.807, 2.05) is 31.3 Å². The van der Waals surface area contributed by atoms with Crippen LogP contribution in [0.25, 0.3) is 11.1 Å². The summed E-state index contributed by atoms with van der Waals surface area (Å²) < 4.78 is 5.84. The molecule has 0 atom stereocenters. The topological polar surface area (TPSA) is 71.4 Å². The van der Waals surface area contributed by atoms with Crippen molar-refractivity contribution >= 4 is 5.95 Å². The second-order valence-corrected chi connectivity index (χ2v) is 6.65. The number of rotatable bonds is 3. The quantitative estimate of drug-likeness (QED) is 0.769. The molecule has 6 heteroatoms. The lowest BCUT2D eigenvalue weighted by Gasteiger charge is -2.21. The van der Waals surface area contributed by atoms with Crippen LogP contribution in [0.1, 0.15) is 23.7 Å². The summed E-state index contributed by atoms with van der Waals surface area (Å²) in [5, 5.41) is 10.5. The highest BCUT2D eigenvalue weighted by Gasteiger charge is 2.22. The standard InChI is InChI=1S/C21H22N4O2/c1-3-18-14(2)11-23-21(24-18)25-7-8-27-20-17(13-25)9-16(10-19(20)26)15-5-4-6-22-12-15/h4-6,9-12,26H,3,7-8,13H2,1-2H3. The van der Waals surface area contributed by atoms with Crippen LogP contribution in [-0.2, 0) is 13.0 Å². The molecular formula is C21H22N4O2. The highest BCUT2D eigenvalue weighted by Crippen LogP contribution is 2.37. The van der Waals surface area contributed by atoms with E-state index >= 15 is 0 Å². The molecule has 1 N–H and O–H groups in total. The number of aryl methyl sites for hydroxylation is 2. The summed E-state index contributed by atoms with van der Waals surface area (Å²) in [6, 6.07) is 7.62. The molecule has 3 heterocycles. The normalized spacial score (nSPS) is 13.6. The first-order chi connectivity index (χ1) is 13.2. The monoisotopic (exact) mass is 362 g/mol. The number of aromatic nitrogens is 3. The molecule has 0 saturated heterocycles. The van der Waals surface area contributed by atoms with Crippen LogP contribution < -0.4 is 9.64 Å². The number of phenols is 1. The molecule has 1 aliphatic heterocycles. The highest BCUT2D eigenvalue weighted by atomic mass is 16.5. The first kappa shape index (κ1) is 17.3. The van der Waals surface area contributed by atoms with Crippen molar-refractivity contribution in [2.75, 3.05) is 18.1 Å². The summed E-state index contributed by atoms with van der Waals surface area (Å²) in [6.07, 6.45) is 6.26. The Kier molecular flexibility index (Phi) is 4.62. The van der Waals surface area contributed by atoms with Crippen molar-refractivity contribution < 1.29 is 9.84 Å². The zero-order chi connectivity index (χ0) is 18.8. The van der Waals surface area contributed by atoms with E-state index in [1.165, 1.54) is 0 Å². The maximum absolute atomic E-state index is 10.5. The largest absolute Gasteiger partial charge is 0.504 e. The number of benzene rings is 1. The fourth-order valence-corrected chi connectivity index (χ4v) is 3.35. The van der Waals surface area contributed by atoms with Gasteiger partial charge in [-0.2, -0.15) is 0 Å². The summed E-state index contributed by atoms with van der Waals surface area (Å²) in [5.74, 6) is 1.38. The van der Waals surface area contributed by atoms with Gasteiger partial charge in [-0.25, -0.2) is 9.97 Å². The zero-order valence-electron chi connectivity index (χ0n) is 15.5. The zero-order valence-corrected chi connectivity index (χ0v) is 15.5. The first-order valence-corrected chi connectivity index (χ1v) is 9.12. The molecule has 1 aliphatic rings. The van der Waals surface area contributed by atoms with E-state index in [0.717, 1.165) is 34.4 Å². The van der Waals surface area contributed by atoms with Gasteiger partial charge in [0.1, 0.15) is 6.61 Å². The van der Waals surface area contributed by atoms with Gasteiger partial charge in [0, 0.05) is 42.0 Å². The summed E-state index contributed by atoms with van der Waals surface area (Å²) in [4.78, 5) is 15.5. The minimum absolute atomic E-state index is 0.146. The Labute approximate surface area is 158 Å². The molecule has 0 aliphatic carbocycles. The molecule has 4 rings (SSSR count). The second-order valence-electron chi connectivity index (χ2n) is 6.65. The summed E-state index contributed by atoms with van der Waals surface area (Å²) in [6.45, 7) is 5.82. The Morgan fingerprint density at radius 1 is 1.22 bits per heavy atom. The third-order valence-corrected chi connectivity index (χ3v) is 4.79. The number of fused-ring (bicyclic) bond motifs is 1. The predicted octanol–water partition coefficient (Wildman–Crippen LogP) is 3.51. The molecular weight excluding hydrogens is 340 g/mol. The number of aromatic hydroxyl groups is 1. The minimum atomic E-state index is 0.146. The molecule has 3 aromatic rings. The number of hydrogen-bond acceptors (Lipinski definition) is 6. The van der Waals surface area contributed by atoms with Crippen molar-refractivity contribution in [3.05, 3.63) is 59.7 Å². The van der Waals surface area contributed by atoms with Crippen molar-refractivity contribution in [2.45, 2.75) is 26.8 Å². The Morgan fingerprint density at radius 3 is 2.89 bits per heavy atom. The van der Waals surface area contributed by atoms with Crippen LogP contribution in [-0.4, -0.2) is 33.2 Å². The van der Waals surface area contributed by atoms with Crippen molar-refractivity contribution in [3.8, 4) is 22.6 Å². The molecule has 0 bridgehead atoms. The maximum Gasteiger partial charge on any atom is 0.225 e. The van der Waals surface area contributed by atoms with Gasteiger partial charge in [0.15, 0.2) is 11.5 Å². The van der Waals surface area contributed by atoms with E-state index in [-0.39, 0.29) is 5.75 Å². The van der Waals surface area contributed by atoms with Gasteiger partial charge in [-0.1, -0.05) is 13.0 Å². The average molecular weight is 362 g/mol. The third-order valence-electron chi connectivity index (χ3n) is 4.79. The lowest BCUT2D eigenvalue weighted by Crippen LogP contribution is -2.27. The van der Waals surface area contributed by atoms with Crippen LogP contribution in [0.3, 0.4) is 0 Å². The number of pyridine rings is 1. The first-order valence-electron chi connectivity index (χ1n) is 9.12. The van der Waals surface area contributed by atoms with E-state index in [4.69, 9.17) is 9.72 Å². The molecule has 0 amide bonds. The summed E-state index contributed by atoms with van der Waals surface area (Å²) in [5.41, 5.74) is 4.92. The SMILES string of the molecule is CCc1nc(N2CCOc3c(O)cc(-c4cccnc4)cc3C2)ncc1C. The molecule has 1 aromatic carbocycles. The fourth-order valence-electron chi connectivity index (χ4n) is 3.35. The van der Waals surface area contributed by atoms with Gasteiger partial charge in [-0.15, -0.1) is 0 Å². The van der Waals surface area contributed by atoms with Crippen molar-refractivity contribution in [2.24, 2.45) is 0 Å². The van der Waals surface area contributed by atoms with E-state index in [9.17, 15) is 5.11 Å². The van der Waals surface area contributed by atoms with Gasteiger partial charge in [-0.05, 0) is 42.7 Å². The highest BCUT2D eigenvalue weighted by molar-refractivity contribution is 5.68. The molecule has 27 heavy (non-hydrogen) atoms. The minimum Gasteiger partial charge on any atom is -0.504 e. The van der Waals surface area contributed by atoms with Crippen LogP contribution in [0.5, 0.6) is 11.5 Å². The number of phenolic OH excluding ortho intramolecular Hbond substituents is 1. The Balaban J connectivity index is 1.72. The van der Waals surface area contributed by atoms with Gasteiger partial charge in [0.2, 0.25) is 5.95 Å². The van der Waals surface area contributed by atoms with E-state index in [0.29, 0.717) is 31.4 Å². The van der Waals surface area contributed by atoms with Crippen LogP contribution in [0.4, 0.5) is 5.95 Å². The Morgan fingerprint density at radius 2 is 2.11 bits per heavy atom. The number of ether oxygens (including phenoxy) is 1. The molecule has 6 nitrogen and oxygen atoms in total. The smallest absolute Gasteiger partial charge is 0.225 e. The molecule has 138 valence electrons. The summed E-state index contributed by atoms with van der Waals surface area (Å²) in [7, 11) is 0. The molecule has 0 radical (unpaired) electrons. The van der Waals surface area contributed by atoms with Crippen molar-refractivity contribution in [1.82, 2.24) is 15.0 Å². The number of nitrogens with zero attached hydrogens (tertiary/aromatic N) is 4. The molecule has 2 aromatic heterocycles. The maximum atomic E-state index is 10.5. The van der Waals surface area contributed by atoms with Gasteiger partial charge < -0.3 is 14.7 Å². The lowest BCUT2D eigenvalue weighted by atomic mass is 10.0. The number of anilines is 1. The average Bonchev–Trinajstić information content (AvgIpc) is 2.92. The Hall–Kier alpha value is -3.15. The third kappa shape index (κ3) is 3.43.